The first kappa shape index (κ1) is 12.9. The van der Waals surface area contributed by atoms with Crippen molar-refractivity contribution >= 4 is 12.6 Å². The molecule has 2 fully saturated rings. The summed E-state index contributed by atoms with van der Waals surface area (Å²) >= 11 is 0. The van der Waals surface area contributed by atoms with Crippen molar-refractivity contribution in [2.75, 3.05) is 0 Å². The molecular weight excluding hydrogens is 241 g/mol. The minimum Gasteiger partial charge on any atom is -0.475 e. The molecule has 1 saturated carbocycles. The van der Waals surface area contributed by atoms with E-state index in [-0.39, 0.29) is 11.2 Å². The number of rotatable bonds is 3. The van der Waals surface area contributed by atoms with Crippen molar-refractivity contribution in [1.29, 1.82) is 0 Å². The first-order valence-corrected chi connectivity index (χ1v) is 6.86. The molecule has 2 aliphatic rings. The summed E-state index contributed by atoms with van der Waals surface area (Å²) in [5.74, 6) is 0.642. The molecule has 5 heteroatoms. The minimum atomic E-state index is -0.410. The average molecular weight is 261 g/mol. The second-order valence-corrected chi connectivity index (χ2v) is 6.30. The van der Waals surface area contributed by atoms with Gasteiger partial charge < -0.3 is 14.0 Å². The lowest BCUT2D eigenvalue weighted by Crippen LogP contribution is -2.41. The monoisotopic (exact) mass is 261 g/mol. The van der Waals surface area contributed by atoms with Gasteiger partial charge in [-0.25, -0.2) is 4.98 Å². The van der Waals surface area contributed by atoms with Crippen LogP contribution in [0.25, 0.3) is 0 Å². The van der Waals surface area contributed by atoms with Gasteiger partial charge in [0.15, 0.2) is 0 Å². The Morgan fingerprint density at radius 1 is 1.21 bits per heavy atom. The van der Waals surface area contributed by atoms with E-state index in [4.69, 9.17) is 14.0 Å². The van der Waals surface area contributed by atoms with Crippen LogP contribution in [-0.4, -0.2) is 29.4 Å². The Kier molecular flexibility index (Phi) is 2.87. The second kappa shape index (κ2) is 4.22. The van der Waals surface area contributed by atoms with Crippen LogP contribution in [0.1, 0.15) is 40.5 Å². The van der Waals surface area contributed by atoms with Crippen molar-refractivity contribution in [3.8, 4) is 5.88 Å². The molecule has 0 unspecified atom stereocenters. The standard InChI is InChI=1S/C14H20BNO3/c1-13(2)14(3,4)19-15(18-13)11-6-5-9-16-12(11)17-10-7-8-10/h5-6,9-10H,7-8H2,1-4H3. The first-order chi connectivity index (χ1) is 8.89. The van der Waals surface area contributed by atoms with E-state index in [0.29, 0.717) is 12.0 Å². The number of nitrogens with zero attached hydrogens (tertiary/aromatic N) is 1. The summed E-state index contributed by atoms with van der Waals surface area (Å²) in [6.07, 6.45) is 4.28. The Hall–Kier alpha value is -1.07. The number of hydrogen-bond acceptors (Lipinski definition) is 4. The van der Waals surface area contributed by atoms with Crippen LogP contribution in [0.2, 0.25) is 0 Å². The fourth-order valence-corrected chi connectivity index (χ4v) is 1.99. The maximum Gasteiger partial charge on any atom is 0.500 e. The SMILES string of the molecule is CC1(C)OB(c2cccnc2OC2CC2)OC1(C)C. The van der Waals surface area contributed by atoms with Crippen molar-refractivity contribution in [2.45, 2.75) is 57.8 Å². The first-order valence-electron chi connectivity index (χ1n) is 6.86. The molecule has 19 heavy (non-hydrogen) atoms. The Labute approximate surface area is 114 Å². The summed E-state index contributed by atoms with van der Waals surface area (Å²) < 4.78 is 17.9. The van der Waals surface area contributed by atoms with E-state index in [0.717, 1.165) is 18.3 Å². The lowest BCUT2D eigenvalue weighted by molar-refractivity contribution is 0.00578. The molecule has 0 atom stereocenters. The van der Waals surface area contributed by atoms with E-state index in [1.165, 1.54) is 0 Å². The highest BCUT2D eigenvalue weighted by molar-refractivity contribution is 6.63. The molecule has 1 aromatic rings. The number of pyridine rings is 1. The molecule has 1 aliphatic carbocycles. The van der Waals surface area contributed by atoms with Gasteiger partial charge in [0, 0.05) is 11.7 Å². The highest BCUT2D eigenvalue weighted by Gasteiger charge is 2.52. The van der Waals surface area contributed by atoms with Crippen LogP contribution in [0.4, 0.5) is 0 Å². The Balaban J connectivity index is 1.86. The lowest BCUT2D eigenvalue weighted by Gasteiger charge is -2.32. The third-order valence-electron chi connectivity index (χ3n) is 4.11. The molecule has 0 aromatic carbocycles. The molecule has 0 bridgehead atoms. The Bertz CT molecular complexity index is 469. The second-order valence-electron chi connectivity index (χ2n) is 6.30. The van der Waals surface area contributed by atoms with Crippen LogP contribution in [0.15, 0.2) is 18.3 Å². The quantitative estimate of drug-likeness (QED) is 0.779. The molecule has 2 heterocycles. The summed E-state index contributed by atoms with van der Waals surface area (Å²) in [6, 6.07) is 3.85. The molecule has 1 saturated heterocycles. The molecule has 0 spiro atoms. The summed E-state index contributed by atoms with van der Waals surface area (Å²) in [4.78, 5) is 4.32. The molecular formula is C14H20BNO3. The largest absolute Gasteiger partial charge is 0.500 e. The van der Waals surface area contributed by atoms with Gasteiger partial charge in [-0.1, -0.05) is 6.07 Å². The van der Waals surface area contributed by atoms with E-state index < -0.39 is 7.12 Å². The van der Waals surface area contributed by atoms with E-state index >= 15 is 0 Å². The maximum absolute atomic E-state index is 6.05. The van der Waals surface area contributed by atoms with Gasteiger partial charge in [-0.05, 0) is 46.6 Å². The molecule has 1 aliphatic heterocycles. The Morgan fingerprint density at radius 2 is 1.84 bits per heavy atom. The van der Waals surface area contributed by atoms with Gasteiger partial charge in [0.2, 0.25) is 5.88 Å². The summed E-state index contributed by atoms with van der Waals surface area (Å²) in [6.45, 7) is 8.19. The zero-order chi connectivity index (χ0) is 13.7. The number of hydrogen-bond donors (Lipinski definition) is 0. The van der Waals surface area contributed by atoms with Crippen LogP contribution in [0.5, 0.6) is 5.88 Å². The average Bonchev–Trinajstić information content (AvgIpc) is 3.08. The fraction of sp³-hybridized carbons (Fsp3) is 0.643. The lowest BCUT2D eigenvalue weighted by atomic mass is 9.80. The van der Waals surface area contributed by atoms with Gasteiger partial charge in [0.05, 0.1) is 11.2 Å². The predicted molar refractivity (Wildman–Crippen MR) is 73.6 cm³/mol. The Morgan fingerprint density at radius 3 is 2.42 bits per heavy atom. The highest BCUT2D eigenvalue weighted by Crippen LogP contribution is 2.37. The molecule has 0 N–H and O–H groups in total. The van der Waals surface area contributed by atoms with Crippen molar-refractivity contribution < 1.29 is 14.0 Å². The fourth-order valence-electron chi connectivity index (χ4n) is 1.99. The van der Waals surface area contributed by atoms with Gasteiger partial charge >= 0.3 is 7.12 Å². The molecule has 0 radical (unpaired) electrons. The van der Waals surface area contributed by atoms with E-state index in [1.54, 1.807) is 6.20 Å². The topological polar surface area (TPSA) is 40.6 Å². The van der Waals surface area contributed by atoms with Gasteiger partial charge in [0.25, 0.3) is 0 Å². The van der Waals surface area contributed by atoms with E-state index in [1.807, 2.05) is 39.8 Å². The van der Waals surface area contributed by atoms with Crippen LogP contribution in [-0.2, 0) is 9.31 Å². The van der Waals surface area contributed by atoms with Gasteiger partial charge in [-0.3, -0.25) is 0 Å². The van der Waals surface area contributed by atoms with Gasteiger partial charge in [-0.15, -0.1) is 0 Å². The predicted octanol–water partition coefficient (Wildman–Crippen LogP) is 1.92. The molecule has 102 valence electrons. The summed E-state index contributed by atoms with van der Waals surface area (Å²) in [5.41, 5.74) is 0.197. The van der Waals surface area contributed by atoms with E-state index in [2.05, 4.69) is 4.98 Å². The molecule has 0 amide bonds. The highest BCUT2D eigenvalue weighted by atomic mass is 16.7. The van der Waals surface area contributed by atoms with Crippen molar-refractivity contribution in [1.82, 2.24) is 4.98 Å². The molecule has 3 rings (SSSR count). The summed E-state index contributed by atoms with van der Waals surface area (Å²) in [5, 5.41) is 0. The maximum atomic E-state index is 6.05. The van der Waals surface area contributed by atoms with Crippen molar-refractivity contribution in [2.24, 2.45) is 0 Å². The van der Waals surface area contributed by atoms with Crippen LogP contribution < -0.4 is 10.2 Å². The van der Waals surface area contributed by atoms with Gasteiger partial charge in [-0.2, -0.15) is 0 Å². The smallest absolute Gasteiger partial charge is 0.475 e. The minimum absolute atomic E-state index is 0.316. The molecule has 1 aromatic heterocycles. The third-order valence-corrected chi connectivity index (χ3v) is 4.11. The normalized spacial score (nSPS) is 24.5. The molecule has 4 nitrogen and oxygen atoms in total. The van der Waals surface area contributed by atoms with E-state index in [9.17, 15) is 0 Å². The zero-order valence-corrected chi connectivity index (χ0v) is 12.0. The van der Waals surface area contributed by atoms with Crippen molar-refractivity contribution in [3.05, 3.63) is 18.3 Å². The number of aromatic nitrogens is 1. The van der Waals surface area contributed by atoms with Crippen LogP contribution >= 0.6 is 0 Å². The third kappa shape index (κ3) is 2.37. The van der Waals surface area contributed by atoms with Gasteiger partial charge in [0.1, 0.15) is 6.10 Å². The van der Waals surface area contributed by atoms with Crippen molar-refractivity contribution in [3.63, 3.8) is 0 Å². The van der Waals surface area contributed by atoms with Crippen LogP contribution in [0, 0.1) is 0 Å². The number of ether oxygens (including phenoxy) is 1. The van der Waals surface area contributed by atoms with Crippen LogP contribution in [0.3, 0.4) is 0 Å². The zero-order valence-electron chi connectivity index (χ0n) is 12.0. The summed E-state index contributed by atoms with van der Waals surface area (Å²) in [7, 11) is -0.410.